The van der Waals surface area contributed by atoms with Crippen LogP contribution in [0.1, 0.15) is 89.6 Å². The molecule has 0 aromatic heterocycles. The minimum atomic E-state index is -1.81. The number of aromatic nitrogens is 1. The number of allylic oxidation sites excluding steroid dienone is 4. The van der Waals surface area contributed by atoms with E-state index in [4.69, 9.17) is 33.1 Å². The van der Waals surface area contributed by atoms with E-state index in [0.717, 1.165) is 30.5 Å². The zero-order valence-electron chi connectivity index (χ0n) is 36.3. The van der Waals surface area contributed by atoms with Crippen LogP contribution in [0, 0.1) is 24.7 Å². The summed E-state index contributed by atoms with van der Waals surface area (Å²) in [5, 5.41) is 3.00. The van der Waals surface area contributed by atoms with Crippen molar-refractivity contribution in [3.63, 3.8) is 0 Å². The fraction of sp³-hybridized carbons (Fsp3) is 0.479. The van der Waals surface area contributed by atoms with E-state index in [1.807, 2.05) is 25.1 Å². The second-order valence-electron chi connectivity index (χ2n) is 18.0. The summed E-state index contributed by atoms with van der Waals surface area (Å²) >= 11 is 0. The van der Waals surface area contributed by atoms with E-state index in [9.17, 15) is 14.4 Å². The van der Waals surface area contributed by atoms with Gasteiger partial charge in [-0.05, 0) is 63.2 Å². The van der Waals surface area contributed by atoms with E-state index < -0.39 is 41.1 Å². The van der Waals surface area contributed by atoms with E-state index in [1.165, 1.54) is 33.0 Å². The number of esters is 1. The molecule has 13 nitrogen and oxygen atoms in total. The molecule has 1 aliphatic carbocycles. The van der Waals surface area contributed by atoms with Crippen LogP contribution in [0.15, 0.2) is 63.6 Å². The highest BCUT2D eigenvalue weighted by Gasteiger charge is 2.50. The van der Waals surface area contributed by atoms with Crippen LogP contribution in [0.2, 0.25) is 0 Å². The predicted molar refractivity (Wildman–Crippen MR) is 231 cm³/mol. The number of rotatable bonds is 5. The van der Waals surface area contributed by atoms with Gasteiger partial charge >= 0.3 is 11.8 Å². The molecular formula is C48H56N3O10+. The van der Waals surface area contributed by atoms with Crippen LogP contribution < -0.4 is 25.0 Å². The van der Waals surface area contributed by atoms with Gasteiger partial charge in [-0.15, -0.1) is 0 Å². The molecular weight excluding hydrogens is 779 g/mol. The number of fused-ring (bicyclic) bond motifs is 8. The number of carbonyl (C=O) groups excluding carboxylic acids is 3. The minimum absolute atomic E-state index is 0.00209. The molecule has 6 atom stereocenters. The van der Waals surface area contributed by atoms with Crippen LogP contribution in [-0.2, 0) is 19.1 Å². The Bertz CT molecular complexity index is 2550. The first-order valence-corrected chi connectivity index (χ1v) is 21.5. The molecule has 13 heteroatoms. The van der Waals surface area contributed by atoms with E-state index in [2.05, 4.69) is 26.2 Å². The molecule has 61 heavy (non-hydrogen) atoms. The summed E-state index contributed by atoms with van der Waals surface area (Å²) in [6.45, 7) is 16.1. The number of hydrogen-bond acceptors (Lipinski definition) is 11. The summed E-state index contributed by atoms with van der Waals surface area (Å²) in [6, 6.07) is 5.31. The highest BCUT2D eigenvalue weighted by molar-refractivity contribution is 6.22. The Morgan fingerprint density at radius 3 is 2.57 bits per heavy atom. The lowest BCUT2D eigenvalue weighted by atomic mass is 9.86. The summed E-state index contributed by atoms with van der Waals surface area (Å²) < 4.78 is 39.6. The third-order valence-corrected chi connectivity index (χ3v) is 12.8. The Balaban J connectivity index is 1.41. The zero-order valence-corrected chi connectivity index (χ0v) is 36.3. The Morgan fingerprint density at radius 1 is 1.05 bits per heavy atom. The number of anilines is 1. The number of likely N-dealkylation sites (N-methyl/N-ethyl adjacent to an activating group) is 1. The van der Waals surface area contributed by atoms with Gasteiger partial charge in [0.1, 0.15) is 59.5 Å². The fourth-order valence-electron chi connectivity index (χ4n) is 9.41. The number of ether oxygens (including phenoxy) is 5. The standard InChI is InChI=1S/C48H55N3O10/c1-26-13-11-14-29(4)47(55)50-40-41(53)37-36(39-45(40)59-34-25-32(16-17-33(34)49-39)56-22-20-51(8)18-9-10-19-51)38-44-30(5)43(37)60-35(24-27(2)23-26)42(58-31(6)52)28(3)15-12-21-57-48(7,61-44)46(38)54/h11-14,16-17,21,25-28,35,42H,9-10,15,18-20,22-24H2,1-8H3/p+1/b13-11+,21-12+,29-14-/t26?,27-,28-,35?,42?,48+/m1/s1. The molecule has 1 amide bonds. The van der Waals surface area contributed by atoms with Crippen molar-refractivity contribution in [3.05, 3.63) is 75.7 Å². The molecule has 1 N–H and O–H groups in total. The van der Waals surface area contributed by atoms with Crippen LogP contribution in [0.25, 0.3) is 33.3 Å². The smallest absolute Gasteiger partial charge is 0.312 e. The summed E-state index contributed by atoms with van der Waals surface area (Å²) in [5.74, 6) is -2.63. The molecule has 5 aliphatic heterocycles. The number of hydrogen-bond donors (Lipinski definition) is 1. The number of amides is 1. The Morgan fingerprint density at radius 2 is 1.82 bits per heavy atom. The van der Waals surface area contributed by atoms with Crippen molar-refractivity contribution in [3.8, 4) is 28.7 Å². The van der Waals surface area contributed by atoms with Crippen molar-refractivity contribution >= 4 is 45.2 Å². The van der Waals surface area contributed by atoms with Crippen molar-refractivity contribution < 1.29 is 47.0 Å². The van der Waals surface area contributed by atoms with Crippen molar-refractivity contribution in [2.75, 3.05) is 38.6 Å². The van der Waals surface area contributed by atoms with Crippen molar-refractivity contribution in [1.29, 1.82) is 0 Å². The molecule has 0 spiro atoms. The zero-order chi connectivity index (χ0) is 43.4. The van der Waals surface area contributed by atoms with Gasteiger partial charge in [0.25, 0.3) is 11.7 Å². The maximum atomic E-state index is 15.4. The number of quaternary nitrogens is 1. The highest BCUT2D eigenvalue weighted by atomic mass is 16.7. The van der Waals surface area contributed by atoms with Crippen LogP contribution in [0.4, 0.5) is 5.69 Å². The number of carbonyl (C=O) groups is 3. The van der Waals surface area contributed by atoms with E-state index in [0.29, 0.717) is 47.4 Å². The van der Waals surface area contributed by atoms with Gasteiger partial charge in [-0.25, -0.2) is 4.98 Å². The quantitative estimate of drug-likeness (QED) is 0.0893. The molecule has 2 aromatic rings. The second-order valence-corrected chi connectivity index (χ2v) is 18.0. The lowest BCUT2D eigenvalue weighted by Gasteiger charge is -2.34. The van der Waals surface area contributed by atoms with Crippen LogP contribution in [0.3, 0.4) is 0 Å². The van der Waals surface area contributed by atoms with Crippen molar-refractivity contribution in [2.24, 2.45) is 17.8 Å². The van der Waals surface area contributed by atoms with Gasteiger partial charge in [-0.2, -0.15) is 0 Å². The van der Waals surface area contributed by atoms with Crippen LogP contribution >= 0.6 is 0 Å². The largest absolute Gasteiger partial charge is 0.488 e. The van der Waals surface area contributed by atoms with Crippen LogP contribution in [0.5, 0.6) is 17.2 Å². The van der Waals surface area contributed by atoms with Gasteiger partial charge in [0.05, 0.1) is 37.3 Å². The molecule has 3 unspecified atom stereocenters. The highest BCUT2D eigenvalue weighted by Crippen LogP contribution is 2.51. The van der Waals surface area contributed by atoms with E-state index in [-0.39, 0.29) is 62.7 Å². The molecule has 1 saturated heterocycles. The molecule has 1 fully saturated rings. The summed E-state index contributed by atoms with van der Waals surface area (Å²) in [7, 11) is 2.25. The normalized spacial score (nSPS) is 28.3. The number of nitrogens with one attached hydrogen (secondary N) is 1. The number of ketones is 1. The Labute approximate surface area is 355 Å². The first kappa shape index (κ1) is 42.0. The lowest BCUT2D eigenvalue weighted by molar-refractivity contribution is -0.897. The first-order chi connectivity index (χ1) is 29.1. The molecule has 8 rings (SSSR count). The summed E-state index contributed by atoms with van der Waals surface area (Å²) in [5.41, 5.74) is 0.829. The average molecular weight is 835 g/mol. The first-order valence-electron chi connectivity index (χ1n) is 21.5. The topological polar surface area (TPSA) is 152 Å². The monoisotopic (exact) mass is 834 g/mol. The van der Waals surface area contributed by atoms with Crippen molar-refractivity contribution in [1.82, 2.24) is 4.98 Å². The van der Waals surface area contributed by atoms with Gasteiger partial charge in [0.15, 0.2) is 11.3 Å². The molecule has 0 radical (unpaired) electrons. The van der Waals surface area contributed by atoms with Gasteiger partial charge in [0, 0.05) is 55.2 Å². The average Bonchev–Trinajstić information content (AvgIpc) is 3.76. The van der Waals surface area contributed by atoms with Gasteiger partial charge in [-0.3, -0.25) is 19.2 Å². The molecule has 6 aliphatic rings. The second kappa shape index (κ2) is 16.3. The third-order valence-electron chi connectivity index (χ3n) is 12.8. The SMILES string of the molecule is CC(=O)OC1C2C[C@H](C)CC(C)/C=C/C=C(/C)C(=O)Nc3c4oc5cc(OCC[N+]6(C)CCCC6)ccc5nc-4c4c5c(c(C)c(c4c3=O)O2)O[C@](C)(O/C=C/C[C@H]1C)C5=O. The molecule has 0 saturated carbocycles. The fourth-order valence-corrected chi connectivity index (χ4v) is 9.41. The lowest BCUT2D eigenvalue weighted by Crippen LogP contribution is -2.43. The molecule has 5 heterocycles. The molecule has 6 bridgehead atoms. The minimum Gasteiger partial charge on any atom is -0.488 e. The summed E-state index contributed by atoms with van der Waals surface area (Å²) in [6.07, 6.45) is 11.3. The Hall–Kier alpha value is -5.69. The van der Waals surface area contributed by atoms with Crippen molar-refractivity contribution in [2.45, 2.75) is 98.6 Å². The van der Waals surface area contributed by atoms with Gasteiger partial charge in [-0.1, -0.05) is 39.0 Å². The number of Topliss-reactive ketones (excluding diaryl/α,β-unsaturated/α-hetero) is 1. The predicted octanol–water partition coefficient (Wildman–Crippen LogP) is 8.42. The number of benzene rings is 3. The number of nitrogens with zero attached hydrogens (tertiary/aromatic N) is 2. The van der Waals surface area contributed by atoms with E-state index in [1.54, 1.807) is 38.1 Å². The maximum Gasteiger partial charge on any atom is 0.312 e. The summed E-state index contributed by atoms with van der Waals surface area (Å²) in [4.78, 5) is 62.0. The van der Waals surface area contributed by atoms with E-state index >= 15 is 4.79 Å². The Kier molecular flexibility index (Phi) is 11.2. The third kappa shape index (κ3) is 8.00. The van der Waals surface area contributed by atoms with Crippen LogP contribution in [-0.4, -0.2) is 78.4 Å². The number of likely N-dealkylation sites (tertiary alicyclic amines) is 1. The molecule has 2 aromatic carbocycles. The molecule has 322 valence electrons. The maximum absolute atomic E-state index is 15.4. The van der Waals surface area contributed by atoms with Gasteiger partial charge in [0.2, 0.25) is 5.43 Å². The van der Waals surface area contributed by atoms with Gasteiger partial charge < -0.3 is 37.9 Å².